The zero-order valence-electron chi connectivity index (χ0n) is 19.3. The minimum atomic E-state index is -3.99. The molecule has 3 aromatic rings. The number of sulfonamides is 1. The summed E-state index contributed by atoms with van der Waals surface area (Å²) in [5.74, 6) is -0.345. The van der Waals surface area contributed by atoms with Crippen LogP contribution in [0.4, 0.5) is 5.69 Å². The second-order valence-electron chi connectivity index (χ2n) is 8.90. The van der Waals surface area contributed by atoms with Crippen LogP contribution in [0, 0.1) is 0 Å². The van der Waals surface area contributed by atoms with Crippen molar-refractivity contribution >= 4 is 41.3 Å². The normalized spacial score (nSPS) is 12.8. The highest BCUT2D eigenvalue weighted by molar-refractivity contribution is 7.89. The van der Waals surface area contributed by atoms with Gasteiger partial charge in [0, 0.05) is 26.4 Å². The summed E-state index contributed by atoms with van der Waals surface area (Å²) in [4.78, 5) is 16.6. The molecule has 0 aliphatic heterocycles. The highest BCUT2D eigenvalue weighted by atomic mass is 35.5. The smallest absolute Gasteiger partial charge is 0.255 e. The van der Waals surface area contributed by atoms with Crippen molar-refractivity contribution in [2.45, 2.75) is 36.8 Å². The molecule has 0 bridgehead atoms. The molecule has 1 unspecified atom stereocenters. The molecule has 1 amide bonds. The largest absolute Gasteiger partial charge is 0.357 e. The van der Waals surface area contributed by atoms with Crippen LogP contribution in [0.1, 0.15) is 22.3 Å². The molecule has 34 heavy (non-hydrogen) atoms. The maximum absolute atomic E-state index is 13.1. The summed E-state index contributed by atoms with van der Waals surface area (Å²) in [7, 11) is -5.37. The van der Waals surface area contributed by atoms with Crippen LogP contribution in [-0.2, 0) is 14.8 Å². The molecule has 1 heterocycles. The van der Waals surface area contributed by atoms with E-state index in [1.54, 1.807) is 48.7 Å². The average molecular weight is 518 g/mol. The van der Waals surface area contributed by atoms with Crippen molar-refractivity contribution in [3.05, 3.63) is 89.2 Å². The Labute approximate surface area is 206 Å². The van der Waals surface area contributed by atoms with Crippen LogP contribution in [0.15, 0.2) is 77.8 Å². The van der Waals surface area contributed by atoms with E-state index in [4.69, 9.17) is 16.3 Å². The molecule has 0 spiro atoms. The summed E-state index contributed by atoms with van der Waals surface area (Å²) < 4.78 is 34.7. The van der Waals surface area contributed by atoms with E-state index >= 15 is 0 Å². The SMILES string of the molecule is C[Si](C)(C)CCOC(NS(=O)(=O)c1ccc(NC(=O)c2ccccc2)c(Cl)c1)c1ccccn1. The van der Waals surface area contributed by atoms with E-state index in [0.29, 0.717) is 23.6 Å². The predicted molar refractivity (Wildman–Crippen MR) is 137 cm³/mol. The molecule has 180 valence electrons. The van der Waals surface area contributed by atoms with Gasteiger partial charge in [-0.2, -0.15) is 4.72 Å². The highest BCUT2D eigenvalue weighted by Gasteiger charge is 2.25. The second kappa shape index (κ2) is 11.2. The van der Waals surface area contributed by atoms with E-state index in [9.17, 15) is 13.2 Å². The molecule has 0 fully saturated rings. The number of hydrogen-bond donors (Lipinski definition) is 2. The van der Waals surface area contributed by atoms with Gasteiger partial charge in [-0.05, 0) is 48.5 Å². The Morgan fingerprint density at radius 2 is 1.76 bits per heavy atom. The fourth-order valence-corrected chi connectivity index (χ4v) is 5.10. The third-order valence-corrected chi connectivity index (χ3v) is 8.31. The molecule has 0 saturated carbocycles. The summed E-state index contributed by atoms with van der Waals surface area (Å²) in [6.07, 6.45) is 0.637. The second-order valence-corrected chi connectivity index (χ2v) is 16.6. The van der Waals surface area contributed by atoms with Gasteiger partial charge in [0.15, 0.2) is 6.23 Å². The van der Waals surface area contributed by atoms with Crippen LogP contribution >= 0.6 is 11.6 Å². The molecule has 0 aliphatic carbocycles. The number of anilines is 1. The molecule has 0 saturated heterocycles. The summed E-state index contributed by atoms with van der Waals surface area (Å²) >= 11 is 6.31. The molecule has 0 aliphatic rings. The van der Waals surface area contributed by atoms with E-state index in [1.165, 1.54) is 18.2 Å². The first-order chi connectivity index (χ1) is 16.0. The highest BCUT2D eigenvalue weighted by Crippen LogP contribution is 2.27. The number of nitrogens with zero attached hydrogens (tertiary/aromatic N) is 1. The van der Waals surface area contributed by atoms with E-state index in [0.717, 1.165) is 6.04 Å². The number of aromatic nitrogens is 1. The Morgan fingerprint density at radius 1 is 1.06 bits per heavy atom. The number of carbonyl (C=O) groups excluding carboxylic acids is 1. The molecule has 1 atom stereocenters. The van der Waals surface area contributed by atoms with Crippen molar-refractivity contribution in [3.63, 3.8) is 0 Å². The van der Waals surface area contributed by atoms with Crippen LogP contribution in [0.3, 0.4) is 0 Å². The minimum absolute atomic E-state index is 0.0510. The first-order valence-electron chi connectivity index (χ1n) is 10.8. The summed E-state index contributed by atoms with van der Waals surface area (Å²) in [6, 6.07) is 18.9. The zero-order valence-corrected chi connectivity index (χ0v) is 21.9. The van der Waals surface area contributed by atoms with E-state index < -0.39 is 24.3 Å². The third-order valence-electron chi connectivity index (χ3n) is 4.89. The molecular weight excluding hydrogens is 490 g/mol. The van der Waals surface area contributed by atoms with Gasteiger partial charge in [0.25, 0.3) is 5.91 Å². The Kier molecular flexibility index (Phi) is 8.61. The van der Waals surface area contributed by atoms with Gasteiger partial charge in [0.2, 0.25) is 10.0 Å². The number of amides is 1. The number of ether oxygens (including phenoxy) is 1. The third kappa shape index (κ3) is 7.47. The number of benzene rings is 2. The Hall–Kier alpha value is -2.56. The summed E-state index contributed by atoms with van der Waals surface area (Å²) in [5.41, 5.74) is 1.23. The predicted octanol–water partition coefficient (Wildman–Crippen LogP) is 5.32. The van der Waals surface area contributed by atoms with Gasteiger partial charge in [-0.1, -0.05) is 55.5 Å². The van der Waals surface area contributed by atoms with E-state index in [1.807, 2.05) is 6.07 Å². The Morgan fingerprint density at radius 3 is 2.38 bits per heavy atom. The summed E-state index contributed by atoms with van der Waals surface area (Å²) in [6.45, 7) is 7.06. The van der Waals surface area contributed by atoms with Crippen LogP contribution in [-0.4, -0.2) is 34.0 Å². The van der Waals surface area contributed by atoms with Crippen molar-refractivity contribution < 1.29 is 17.9 Å². The number of halogens is 1. The topological polar surface area (TPSA) is 97.4 Å². The molecule has 7 nitrogen and oxygen atoms in total. The number of carbonyl (C=O) groups is 1. The van der Waals surface area contributed by atoms with Crippen molar-refractivity contribution in [1.82, 2.24) is 9.71 Å². The zero-order chi connectivity index (χ0) is 24.8. The van der Waals surface area contributed by atoms with Crippen molar-refractivity contribution in [1.29, 1.82) is 0 Å². The molecule has 2 aromatic carbocycles. The lowest BCUT2D eigenvalue weighted by molar-refractivity contribution is 0.0510. The lowest BCUT2D eigenvalue weighted by atomic mass is 10.2. The van der Waals surface area contributed by atoms with Gasteiger partial charge in [0.1, 0.15) is 0 Å². The van der Waals surface area contributed by atoms with Gasteiger partial charge in [-0.25, -0.2) is 8.42 Å². The number of rotatable bonds is 10. The first-order valence-corrected chi connectivity index (χ1v) is 16.3. The molecule has 0 radical (unpaired) electrons. The van der Waals surface area contributed by atoms with E-state index in [2.05, 4.69) is 34.7 Å². The quantitative estimate of drug-likeness (QED) is 0.280. The molecule has 3 rings (SSSR count). The van der Waals surface area contributed by atoms with Gasteiger partial charge in [-0.3, -0.25) is 9.78 Å². The summed E-state index contributed by atoms with van der Waals surface area (Å²) in [5, 5.41) is 2.80. The van der Waals surface area contributed by atoms with Gasteiger partial charge >= 0.3 is 0 Å². The molecule has 10 heteroatoms. The van der Waals surface area contributed by atoms with Crippen LogP contribution in [0.2, 0.25) is 30.7 Å². The monoisotopic (exact) mass is 517 g/mol. The Balaban J connectivity index is 1.77. The van der Waals surface area contributed by atoms with Crippen molar-refractivity contribution in [2.75, 3.05) is 11.9 Å². The lowest BCUT2D eigenvalue weighted by Gasteiger charge is -2.22. The lowest BCUT2D eigenvalue weighted by Crippen LogP contribution is -2.32. The minimum Gasteiger partial charge on any atom is -0.357 e. The van der Waals surface area contributed by atoms with Crippen molar-refractivity contribution in [3.8, 4) is 0 Å². The number of hydrogen-bond acceptors (Lipinski definition) is 5. The first kappa shape index (κ1) is 26.0. The fraction of sp³-hybridized carbons (Fsp3) is 0.250. The van der Waals surface area contributed by atoms with Crippen LogP contribution in [0.25, 0.3) is 0 Å². The van der Waals surface area contributed by atoms with Gasteiger partial charge < -0.3 is 10.1 Å². The average Bonchev–Trinajstić information content (AvgIpc) is 2.80. The molecule has 1 aromatic heterocycles. The van der Waals surface area contributed by atoms with Gasteiger partial charge in [0.05, 0.1) is 21.3 Å². The van der Waals surface area contributed by atoms with Crippen LogP contribution in [0.5, 0.6) is 0 Å². The number of pyridine rings is 1. The maximum atomic E-state index is 13.1. The fourth-order valence-electron chi connectivity index (χ4n) is 2.95. The molecular formula is C24H28ClN3O4SSi. The van der Waals surface area contributed by atoms with Gasteiger partial charge in [-0.15, -0.1) is 0 Å². The standard InChI is InChI=1S/C24H28ClN3O4SSi/c1-34(2,3)16-15-32-24(22-11-7-8-14-26-22)28-33(30,31)19-12-13-21(20(25)17-19)27-23(29)18-9-5-4-6-10-18/h4-14,17,24,28H,15-16H2,1-3H3,(H,27,29). The Bertz CT molecular complexity index is 1220. The maximum Gasteiger partial charge on any atom is 0.255 e. The molecule has 2 N–H and O–H groups in total. The van der Waals surface area contributed by atoms with Crippen LogP contribution < -0.4 is 10.0 Å². The number of nitrogens with one attached hydrogen (secondary N) is 2. The van der Waals surface area contributed by atoms with Crippen molar-refractivity contribution in [2.24, 2.45) is 0 Å². The van der Waals surface area contributed by atoms with E-state index in [-0.39, 0.29) is 15.8 Å².